The van der Waals surface area contributed by atoms with E-state index in [4.69, 9.17) is 9.26 Å². The number of hydrogen-bond acceptors (Lipinski definition) is 4. The highest BCUT2D eigenvalue weighted by atomic mass is 35.5. The molecule has 0 unspecified atom stereocenters. The number of likely N-dealkylation sites (N-methyl/N-ethyl adjacent to an activating group) is 1. The highest BCUT2D eigenvalue weighted by Gasteiger charge is 2.22. The quantitative estimate of drug-likeness (QED) is 0.945. The van der Waals surface area contributed by atoms with Crippen LogP contribution in [-0.4, -0.2) is 25.4 Å². The molecule has 0 radical (unpaired) electrons. The van der Waals surface area contributed by atoms with Crippen molar-refractivity contribution in [2.75, 3.05) is 20.2 Å². The Balaban J connectivity index is 0.00000147. The van der Waals surface area contributed by atoms with Crippen LogP contribution in [0.2, 0.25) is 0 Å². The zero-order chi connectivity index (χ0) is 13.1. The molecule has 1 atom stereocenters. The van der Waals surface area contributed by atoms with Crippen LogP contribution in [0, 0.1) is 0 Å². The molecule has 0 saturated heterocycles. The largest absolute Gasteiger partial charge is 0.372 e. The first-order valence-corrected chi connectivity index (χ1v) is 6.69. The Morgan fingerprint density at radius 3 is 3.00 bits per heavy atom. The molecule has 0 aliphatic carbocycles. The van der Waals surface area contributed by atoms with Gasteiger partial charge in [0.05, 0.1) is 12.3 Å². The molecule has 2 aromatic rings. The van der Waals surface area contributed by atoms with Crippen LogP contribution in [0.3, 0.4) is 0 Å². The monoisotopic (exact) mass is 294 g/mol. The van der Waals surface area contributed by atoms with E-state index in [1.54, 1.807) is 6.20 Å². The summed E-state index contributed by atoms with van der Waals surface area (Å²) >= 11 is 0. The van der Waals surface area contributed by atoms with Crippen LogP contribution in [0.5, 0.6) is 0 Å². The zero-order valence-electron chi connectivity index (χ0n) is 11.5. The molecule has 1 aromatic carbocycles. The fourth-order valence-corrected chi connectivity index (χ4v) is 2.69. The Morgan fingerprint density at radius 1 is 1.35 bits per heavy atom. The molecule has 4 nitrogen and oxygen atoms in total. The van der Waals surface area contributed by atoms with Crippen molar-refractivity contribution in [3.63, 3.8) is 0 Å². The first-order chi connectivity index (χ1) is 9.40. The Labute approximate surface area is 124 Å². The lowest BCUT2D eigenvalue weighted by atomic mass is 9.93. The normalized spacial score (nSPS) is 17.9. The average Bonchev–Trinajstić information content (AvgIpc) is 2.89. The molecular weight excluding hydrogens is 276 g/mol. The molecular formula is C15H19ClN2O2. The first kappa shape index (κ1) is 15.0. The van der Waals surface area contributed by atoms with Crippen molar-refractivity contribution in [3.05, 3.63) is 41.6 Å². The number of benzene rings is 1. The smallest absolute Gasteiger partial charge is 0.167 e. The van der Waals surface area contributed by atoms with Crippen LogP contribution in [0.4, 0.5) is 0 Å². The lowest BCUT2D eigenvalue weighted by Gasteiger charge is -2.18. The number of aromatic nitrogens is 1. The standard InChI is InChI=1S/C15H18N2O2.ClH/c1-16-10-15-13-5-2-4-12(14-7-8-17-19-14)11(13)6-3-9-18-15;/h2,4-5,7-8,15-16H,3,6,9-10H2,1H3;1H/t15-;/m1./s1. The second-order valence-electron chi connectivity index (χ2n) is 4.77. The predicted molar refractivity (Wildman–Crippen MR) is 80.1 cm³/mol. The van der Waals surface area contributed by atoms with Crippen molar-refractivity contribution < 1.29 is 9.26 Å². The maximum Gasteiger partial charge on any atom is 0.167 e. The third kappa shape index (κ3) is 2.87. The van der Waals surface area contributed by atoms with E-state index in [9.17, 15) is 0 Å². The summed E-state index contributed by atoms with van der Waals surface area (Å²) in [6.07, 6.45) is 3.86. The number of halogens is 1. The zero-order valence-corrected chi connectivity index (χ0v) is 12.3. The van der Waals surface area contributed by atoms with Crippen molar-refractivity contribution in [2.24, 2.45) is 0 Å². The van der Waals surface area contributed by atoms with Gasteiger partial charge in [-0.3, -0.25) is 0 Å². The van der Waals surface area contributed by atoms with Gasteiger partial charge in [-0.2, -0.15) is 0 Å². The van der Waals surface area contributed by atoms with E-state index < -0.39 is 0 Å². The molecule has 0 bridgehead atoms. The van der Waals surface area contributed by atoms with E-state index in [0.717, 1.165) is 37.3 Å². The molecule has 20 heavy (non-hydrogen) atoms. The van der Waals surface area contributed by atoms with Gasteiger partial charge in [-0.1, -0.05) is 23.4 Å². The summed E-state index contributed by atoms with van der Waals surface area (Å²) < 4.78 is 11.2. The van der Waals surface area contributed by atoms with Crippen LogP contribution in [0.1, 0.15) is 23.7 Å². The van der Waals surface area contributed by atoms with Gasteiger partial charge in [0.25, 0.3) is 0 Å². The van der Waals surface area contributed by atoms with E-state index >= 15 is 0 Å². The maximum atomic E-state index is 5.93. The summed E-state index contributed by atoms with van der Waals surface area (Å²) in [6.45, 7) is 1.63. The van der Waals surface area contributed by atoms with E-state index in [1.165, 1.54) is 11.1 Å². The van der Waals surface area contributed by atoms with Gasteiger partial charge < -0.3 is 14.6 Å². The van der Waals surface area contributed by atoms with E-state index in [0.29, 0.717) is 0 Å². The molecule has 5 heteroatoms. The third-order valence-corrected chi connectivity index (χ3v) is 3.54. The number of nitrogens with one attached hydrogen (secondary N) is 1. The molecule has 0 spiro atoms. The average molecular weight is 295 g/mol. The van der Waals surface area contributed by atoms with Gasteiger partial charge >= 0.3 is 0 Å². The Bertz CT molecular complexity index is 543. The lowest BCUT2D eigenvalue weighted by molar-refractivity contribution is 0.0579. The molecule has 108 valence electrons. The van der Waals surface area contributed by atoms with Gasteiger partial charge in [-0.15, -0.1) is 12.4 Å². The van der Waals surface area contributed by atoms with Gasteiger partial charge in [-0.25, -0.2) is 0 Å². The highest BCUT2D eigenvalue weighted by Crippen LogP contribution is 2.33. The molecule has 1 aliphatic rings. The topological polar surface area (TPSA) is 47.3 Å². The molecule has 0 fully saturated rings. The van der Waals surface area contributed by atoms with Gasteiger partial charge in [-0.05, 0) is 31.0 Å². The highest BCUT2D eigenvalue weighted by molar-refractivity contribution is 5.85. The van der Waals surface area contributed by atoms with Gasteiger partial charge in [0.2, 0.25) is 0 Å². The van der Waals surface area contributed by atoms with Crippen LogP contribution >= 0.6 is 12.4 Å². The lowest BCUT2D eigenvalue weighted by Crippen LogP contribution is -2.19. The minimum Gasteiger partial charge on any atom is -0.372 e. The summed E-state index contributed by atoms with van der Waals surface area (Å²) in [4.78, 5) is 0. The number of nitrogens with zero attached hydrogens (tertiary/aromatic N) is 1. The minimum atomic E-state index is 0. The number of hydrogen-bond donors (Lipinski definition) is 1. The fraction of sp³-hybridized carbons (Fsp3) is 0.400. The molecule has 1 aromatic heterocycles. The van der Waals surface area contributed by atoms with E-state index in [-0.39, 0.29) is 18.5 Å². The summed E-state index contributed by atoms with van der Waals surface area (Å²) in [5, 5.41) is 7.01. The first-order valence-electron chi connectivity index (χ1n) is 6.69. The summed E-state index contributed by atoms with van der Waals surface area (Å²) in [6, 6.07) is 8.23. The van der Waals surface area contributed by atoms with Crippen LogP contribution in [0.25, 0.3) is 11.3 Å². The van der Waals surface area contributed by atoms with Crippen LogP contribution in [-0.2, 0) is 11.2 Å². The molecule has 1 N–H and O–H groups in total. The van der Waals surface area contributed by atoms with Crippen molar-refractivity contribution in [2.45, 2.75) is 18.9 Å². The second-order valence-corrected chi connectivity index (χ2v) is 4.77. The van der Waals surface area contributed by atoms with E-state index in [1.807, 2.05) is 13.1 Å². The fourth-order valence-electron chi connectivity index (χ4n) is 2.69. The van der Waals surface area contributed by atoms with E-state index in [2.05, 4.69) is 28.7 Å². The summed E-state index contributed by atoms with van der Waals surface area (Å²) in [7, 11) is 1.95. The van der Waals surface area contributed by atoms with Gasteiger partial charge in [0, 0.05) is 24.8 Å². The number of ether oxygens (including phenoxy) is 1. The second kappa shape index (κ2) is 6.88. The van der Waals surface area contributed by atoms with Gasteiger partial charge in [0.1, 0.15) is 0 Å². The van der Waals surface area contributed by atoms with Crippen molar-refractivity contribution >= 4 is 12.4 Å². The Hall–Kier alpha value is -1.36. The van der Waals surface area contributed by atoms with Crippen molar-refractivity contribution in [1.29, 1.82) is 0 Å². The summed E-state index contributed by atoms with van der Waals surface area (Å²) in [5.74, 6) is 0.835. The minimum absolute atomic E-state index is 0. The SMILES string of the molecule is CNC[C@H]1OCCCc2c(-c3ccno3)cccc21.Cl. The third-order valence-electron chi connectivity index (χ3n) is 3.54. The predicted octanol–water partition coefficient (Wildman–Crippen LogP) is 2.99. The maximum absolute atomic E-state index is 5.93. The van der Waals surface area contributed by atoms with Crippen LogP contribution < -0.4 is 5.32 Å². The van der Waals surface area contributed by atoms with Crippen molar-refractivity contribution in [3.8, 4) is 11.3 Å². The summed E-state index contributed by atoms with van der Waals surface area (Å²) in [5.41, 5.74) is 3.74. The molecule has 2 heterocycles. The number of fused-ring (bicyclic) bond motifs is 1. The Kier molecular flexibility index (Phi) is 5.17. The van der Waals surface area contributed by atoms with Crippen molar-refractivity contribution in [1.82, 2.24) is 10.5 Å². The molecule has 1 aliphatic heterocycles. The number of rotatable bonds is 3. The Morgan fingerprint density at radius 2 is 2.25 bits per heavy atom. The molecule has 3 rings (SSSR count). The molecule has 0 amide bonds. The van der Waals surface area contributed by atoms with Gasteiger partial charge in [0.15, 0.2) is 5.76 Å². The molecule has 0 saturated carbocycles. The van der Waals surface area contributed by atoms with Crippen LogP contribution in [0.15, 0.2) is 35.0 Å².